The summed E-state index contributed by atoms with van der Waals surface area (Å²) in [5.74, 6) is 0.923. The van der Waals surface area contributed by atoms with Crippen LogP contribution >= 0.6 is 11.8 Å². The molecule has 20 heavy (non-hydrogen) atoms. The van der Waals surface area contributed by atoms with E-state index in [2.05, 4.69) is 45.0 Å². The Morgan fingerprint density at radius 2 is 1.75 bits per heavy atom. The Bertz CT molecular complexity index is 579. The van der Waals surface area contributed by atoms with Gasteiger partial charge in [0.2, 0.25) is 0 Å². The van der Waals surface area contributed by atoms with Gasteiger partial charge in [-0.15, -0.1) is 11.8 Å². The summed E-state index contributed by atoms with van der Waals surface area (Å²) in [5.41, 5.74) is 3.59. The molecule has 0 unspecified atom stereocenters. The van der Waals surface area contributed by atoms with Gasteiger partial charge in [-0.1, -0.05) is 57.2 Å². The number of carbonyl (C=O) groups is 1. The van der Waals surface area contributed by atoms with Crippen LogP contribution in [0.25, 0.3) is 0 Å². The maximum Gasteiger partial charge on any atom is 0.150 e. The second kappa shape index (κ2) is 6.27. The second-order valence-electron chi connectivity index (χ2n) is 5.93. The molecular formula is C18H20OS. The van der Waals surface area contributed by atoms with Crippen LogP contribution in [0.4, 0.5) is 0 Å². The van der Waals surface area contributed by atoms with Crippen LogP contribution in [0.5, 0.6) is 0 Å². The lowest BCUT2D eigenvalue weighted by molar-refractivity contribution is 0.112. The lowest BCUT2D eigenvalue weighted by Crippen LogP contribution is -2.10. The number of thioether (sulfide) groups is 1. The molecule has 0 heterocycles. The van der Waals surface area contributed by atoms with Crippen molar-refractivity contribution >= 4 is 18.0 Å². The molecule has 1 nitrogen and oxygen atoms in total. The van der Waals surface area contributed by atoms with Gasteiger partial charge in [0.05, 0.1) is 0 Å². The van der Waals surface area contributed by atoms with Gasteiger partial charge < -0.3 is 0 Å². The zero-order valence-corrected chi connectivity index (χ0v) is 13.0. The monoisotopic (exact) mass is 284 g/mol. The predicted octanol–water partition coefficient (Wildman–Crippen LogP) is 5.09. The molecule has 2 rings (SSSR count). The highest BCUT2D eigenvalue weighted by molar-refractivity contribution is 7.98. The zero-order chi connectivity index (χ0) is 14.6. The first-order valence-corrected chi connectivity index (χ1v) is 7.75. The van der Waals surface area contributed by atoms with E-state index in [0.717, 1.165) is 22.5 Å². The molecular weight excluding hydrogens is 264 g/mol. The normalized spacial score (nSPS) is 11.3. The predicted molar refractivity (Wildman–Crippen MR) is 86.5 cm³/mol. The van der Waals surface area contributed by atoms with Crippen LogP contribution in [-0.2, 0) is 11.2 Å². The summed E-state index contributed by atoms with van der Waals surface area (Å²) in [4.78, 5) is 11.9. The first-order valence-electron chi connectivity index (χ1n) is 6.76. The van der Waals surface area contributed by atoms with Crippen molar-refractivity contribution < 1.29 is 4.79 Å². The molecule has 0 radical (unpaired) electrons. The minimum Gasteiger partial charge on any atom is -0.298 e. The molecule has 0 saturated heterocycles. The van der Waals surface area contributed by atoms with Crippen molar-refractivity contribution in [2.24, 2.45) is 0 Å². The highest BCUT2D eigenvalue weighted by Crippen LogP contribution is 2.26. The first kappa shape index (κ1) is 14.9. The summed E-state index contributed by atoms with van der Waals surface area (Å²) >= 11 is 1.76. The summed E-state index contributed by atoms with van der Waals surface area (Å²) in [5, 5.41) is 0. The summed E-state index contributed by atoms with van der Waals surface area (Å²) in [7, 11) is 0. The van der Waals surface area contributed by atoms with Gasteiger partial charge >= 0.3 is 0 Å². The Labute approximate surface area is 125 Å². The molecule has 2 aromatic rings. The van der Waals surface area contributed by atoms with Crippen LogP contribution in [-0.4, -0.2) is 6.29 Å². The fourth-order valence-electron chi connectivity index (χ4n) is 1.95. The van der Waals surface area contributed by atoms with Crippen molar-refractivity contribution in [1.29, 1.82) is 0 Å². The van der Waals surface area contributed by atoms with Crippen LogP contribution in [0.1, 0.15) is 42.3 Å². The van der Waals surface area contributed by atoms with Gasteiger partial charge in [-0.3, -0.25) is 4.79 Å². The highest BCUT2D eigenvalue weighted by atomic mass is 32.2. The summed E-state index contributed by atoms with van der Waals surface area (Å²) in [6, 6.07) is 16.5. The summed E-state index contributed by atoms with van der Waals surface area (Å²) < 4.78 is 0. The Hall–Kier alpha value is -1.54. The topological polar surface area (TPSA) is 17.1 Å². The van der Waals surface area contributed by atoms with E-state index in [1.54, 1.807) is 11.8 Å². The van der Waals surface area contributed by atoms with Gasteiger partial charge in [0.25, 0.3) is 0 Å². The lowest BCUT2D eigenvalue weighted by Gasteiger charge is -2.19. The van der Waals surface area contributed by atoms with E-state index in [1.807, 2.05) is 24.3 Å². The van der Waals surface area contributed by atoms with E-state index in [-0.39, 0.29) is 5.41 Å². The van der Waals surface area contributed by atoms with E-state index >= 15 is 0 Å². The van der Waals surface area contributed by atoms with Crippen LogP contribution in [0, 0.1) is 0 Å². The smallest absolute Gasteiger partial charge is 0.150 e. The van der Waals surface area contributed by atoms with Crippen molar-refractivity contribution in [1.82, 2.24) is 0 Å². The van der Waals surface area contributed by atoms with Crippen molar-refractivity contribution in [2.45, 2.75) is 36.8 Å². The van der Waals surface area contributed by atoms with Gasteiger partial charge in [-0.25, -0.2) is 0 Å². The number of benzene rings is 2. The Morgan fingerprint density at radius 3 is 2.35 bits per heavy atom. The average molecular weight is 284 g/mol. The van der Waals surface area contributed by atoms with Crippen molar-refractivity contribution in [2.75, 3.05) is 0 Å². The minimum atomic E-state index is 0.198. The Kier molecular flexibility index (Phi) is 4.66. The molecule has 0 bridgehead atoms. The van der Waals surface area contributed by atoms with Gasteiger partial charge in [0, 0.05) is 16.2 Å². The Balaban J connectivity index is 2.02. The van der Waals surface area contributed by atoms with Crippen molar-refractivity contribution in [3.8, 4) is 0 Å². The zero-order valence-electron chi connectivity index (χ0n) is 12.2. The number of carbonyl (C=O) groups excluding carboxylic acids is 1. The molecule has 0 spiro atoms. The molecule has 0 atom stereocenters. The number of aldehydes is 1. The van der Waals surface area contributed by atoms with Gasteiger partial charge in [0.1, 0.15) is 6.29 Å². The first-order chi connectivity index (χ1) is 9.49. The molecule has 0 saturated carbocycles. The van der Waals surface area contributed by atoms with Gasteiger partial charge in [0.15, 0.2) is 0 Å². The van der Waals surface area contributed by atoms with E-state index in [1.165, 1.54) is 11.1 Å². The van der Waals surface area contributed by atoms with Gasteiger partial charge in [-0.05, 0) is 28.7 Å². The minimum absolute atomic E-state index is 0.198. The maximum absolute atomic E-state index is 10.8. The molecule has 0 N–H and O–H groups in total. The highest BCUT2D eigenvalue weighted by Gasteiger charge is 2.12. The molecule has 104 valence electrons. The fraction of sp³-hybridized carbons (Fsp3) is 0.278. The third-order valence-corrected chi connectivity index (χ3v) is 4.28. The standard InChI is InChI=1S/C18H20OS/c1-18(2,3)16-9-7-14(8-10-16)13-20-17-6-4-5-15(11-17)12-19/h4-12H,13H2,1-3H3. The number of hydrogen-bond donors (Lipinski definition) is 0. The quantitative estimate of drug-likeness (QED) is 0.574. The molecule has 0 amide bonds. The Morgan fingerprint density at radius 1 is 1.05 bits per heavy atom. The largest absolute Gasteiger partial charge is 0.298 e. The van der Waals surface area contributed by atoms with Crippen LogP contribution in [0.3, 0.4) is 0 Å². The fourth-order valence-corrected chi connectivity index (χ4v) is 2.87. The van der Waals surface area contributed by atoms with Crippen LogP contribution in [0.15, 0.2) is 53.4 Å². The molecule has 0 fully saturated rings. The third-order valence-electron chi connectivity index (χ3n) is 3.22. The lowest BCUT2D eigenvalue weighted by atomic mass is 9.87. The number of rotatable bonds is 4. The molecule has 2 heteroatoms. The molecule has 0 aliphatic rings. The SMILES string of the molecule is CC(C)(C)c1ccc(CSc2cccc(C=O)c2)cc1. The molecule has 0 aliphatic carbocycles. The van der Waals surface area contributed by atoms with E-state index < -0.39 is 0 Å². The second-order valence-corrected chi connectivity index (χ2v) is 6.97. The summed E-state index contributed by atoms with van der Waals surface area (Å²) in [6.45, 7) is 6.67. The number of hydrogen-bond acceptors (Lipinski definition) is 2. The van der Waals surface area contributed by atoms with Gasteiger partial charge in [-0.2, -0.15) is 0 Å². The van der Waals surface area contributed by atoms with Crippen LogP contribution in [0.2, 0.25) is 0 Å². The summed E-state index contributed by atoms with van der Waals surface area (Å²) in [6.07, 6.45) is 0.891. The van der Waals surface area contributed by atoms with Crippen molar-refractivity contribution in [3.63, 3.8) is 0 Å². The third kappa shape index (κ3) is 3.97. The van der Waals surface area contributed by atoms with E-state index in [9.17, 15) is 4.79 Å². The average Bonchev–Trinajstić information content (AvgIpc) is 2.45. The molecule has 0 aliphatic heterocycles. The maximum atomic E-state index is 10.8. The van der Waals surface area contributed by atoms with E-state index in [0.29, 0.717) is 0 Å². The van der Waals surface area contributed by atoms with E-state index in [4.69, 9.17) is 0 Å². The van der Waals surface area contributed by atoms with Crippen LogP contribution < -0.4 is 0 Å². The molecule has 2 aromatic carbocycles. The molecule has 0 aromatic heterocycles. The van der Waals surface area contributed by atoms with Crippen molar-refractivity contribution in [3.05, 3.63) is 65.2 Å².